The van der Waals surface area contributed by atoms with Gasteiger partial charge in [-0.25, -0.2) is 9.59 Å². The zero-order valence-electron chi connectivity index (χ0n) is 15.4. The Kier molecular flexibility index (Phi) is 6.27. The number of esters is 2. The molecule has 0 unspecified atom stereocenters. The number of halogens is 3. The van der Waals surface area contributed by atoms with Crippen LogP contribution in [0.4, 0.5) is 13.2 Å². The zero-order chi connectivity index (χ0) is 21.1. The highest BCUT2D eigenvalue weighted by Crippen LogP contribution is 2.23. The first kappa shape index (κ1) is 21.2. The van der Waals surface area contributed by atoms with Crippen molar-refractivity contribution in [2.45, 2.75) is 26.6 Å². The molecule has 0 spiro atoms. The highest BCUT2D eigenvalue weighted by molar-refractivity contribution is 6.04. The number of carbonyl (C=O) groups excluding carboxylic acids is 3. The number of alkyl halides is 3. The molecule has 0 N–H and O–H groups in total. The first-order valence-electron chi connectivity index (χ1n) is 8.16. The molecule has 1 heterocycles. The first-order valence-corrected chi connectivity index (χ1v) is 8.16. The van der Waals surface area contributed by atoms with Gasteiger partial charge in [-0.1, -0.05) is 12.1 Å². The van der Waals surface area contributed by atoms with Gasteiger partial charge in [-0.3, -0.25) is 4.79 Å². The number of ether oxygens (including phenoxy) is 2. The van der Waals surface area contributed by atoms with Crippen LogP contribution in [0.3, 0.4) is 0 Å². The van der Waals surface area contributed by atoms with E-state index in [9.17, 15) is 27.6 Å². The average Bonchev–Trinajstić information content (AvgIpc) is 2.92. The van der Waals surface area contributed by atoms with Crippen LogP contribution in [0.25, 0.3) is 0 Å². The molecular weight excluding hydrogens is 379 g/mol. The summed E-state index contributed by atoms with van der Waals surface area (Å²) in [6.07, 6.45) is -4.43. The Balaban J connectivity index is 2.14. The molecule has 1 aromatic carbocycles. The number of ketones is 1. The van der Waals surface area contributed by atoms with Crippen LogP contribution in [0.5, 0.6) is 0 Å². The molecule has 0 amide bonds. The third-order valence-corrected chi connectivity index (χ3v) is 4.10. The second-order valence-corrected chi connectivity index (χ2v) is 6.02. The fraction of sp³-hybridized carbons (Fsp3) is 0.316. The molecule has 28 heavy (non-hydrogen) atoms. The molecule has 6 nitrogen and oxygen atoms in total. The lowest BCUT2D eigenvalue weighted by Gasteiger charge is -2.12. The maximum atomic E-state index is 12.7. The molecule has 150 valence electrons. The van der Waals surface area contributed by atoms with Crippen LogP contribution in [0.1, 0.15) is 42.5 Å². The Morgan fingerprint density at radius 2 is 1.57 bits per heavy atom. The van der Waals surface area contributed by atoms with E-state index in [0.717, 1.165) is 11.7 Å². The molecule has 9 heteroatoms. The highest BCUT2D eigenvalue weighted by Gasteiger charge is 2.30. The summed E-state index contributed by atoms with van der Waals surface area (Å²) in [6.45, 7) is 0.948. The quantitative estimate of drug-likeness (QED) is 0.551. The molecule has 0 bridgehead atoms. The number of aromatic nitrogens is 1. The maximum Gasteiger partial charge on any atom is 0.406 e. The summed E-state index contributed by atoms with van der Waals surface area (Å²) in [5.41, 5.74) is 0.331. The number of Topliss-reactive ketones (excluding diaryl/α,β-unsaturated/α-hetero) is 1. The van der Waals surface area contributed by atoms with Crippen molar-refractivity contribution in [3.05, 3.63) is 58.4 Å². The minimum absolute atomic E-state index is 0.0224. The van der Waals surface area contributed by atoms with Gasteiger partial charge in [0.15, 0.2) is 6.61 Å². The number of nitrogens with zero attached hydrogens (tertiary/aromatic N) is 1. The second kappa shape index (κ2) is 8.28. The Labute approximate surface area is 158 Å². The number of hydrogen-bond donors (Lipinski definition) is 0. The minimum Gasteiger partial charge on any atom is -0.465 e. The van der Waals surface area contributed by atoms with Gasteiger partial charge in [-0.2, -0.15) is 13.2 Å². The van der Waals surface area contributed by atoms with E-state index in [4.69, 9.17) is 4.74 Å². The number of rotatable bonds is 6. The lowest BCUT2D eigenvalue weighted by atomic mass is 10.1. The predicted octanol–water partition coefficient (Wildman–Crippen LogP) is 3.49. The number of methoxy groups -OCH3 is 1. The third-order valence-electron chi connectivity index (χ3n) is 4.10. The van der Waals surface area contributed by atoms with Crippen molar-refractivity contribution < 1.29 is 37.0 Å². The third kappa shape index (κ3) is 4.79. The van der Waals surface area contributed by atoms with Crippen molar-refractivity contribution in [1.29, 1.82) is 0 Å². The van der Waals surface area contributed by atoms with Crippen LogP contribution in [0.15, 0.2) is 30.3 Å². The molecule has 1 aromatic heterocycles. The summed E-state index contributed by atoms with van der Waals surface area (Å²) in [7, 11) is 1.16. The number of hydrogen-bond acceptors (Lipinski definition) is 5. The average molecular weight is 397 g/mol. The van der Waals surface area contributed by atoms with Gasteiger partial charge in [-0.05, 0) is 32.0 Å². The van der Waals surface area contributed by atoms with Gasteiger partial charge in [0.05, 0.1) is 18.2 Å². The minimum atomic E-state index is -4.43. The van der Waals surface area contributed by atoms with Crippen LogP contribution in [-0.2, 0) is 16.0 Å². The van der Waals surface area contributed by atoms with E-state index in [1.54, 1.807) is 0 Å². The Morgan fingerprint density at radius 3 is 2.11 bits per heavy atom. The van der Waals surface area contributed by atoms with Crippen molar-refractivity contribution in [2.24, 2.45) is 0 Å². The molecule has 2 aromatic rings. The molecule has 0 aliphatic heterocycles. The summed E-state index contributed by atoms with van der Waals surface area (Å²) in [6, 6.07) is 7.07. The fourth-order valence-electron chi connectivity index (χ4n) is 2.74. The fourth-order valence-corrected chi connectivity index (χ4v) is 2.74. The van der Waals surface area contributed by atoms with Crippen molar-refractivity contribution in [3.8, 4) is 0 Å². The van der Waals surface area contributed by atoms with E-state index in [-0.39, 0.29) is 28.1 Å². The SMILES string of the molecule is COC(=O)c1ccccc1C(=O)OCC(=O)c1cc(C)n(CC(F)(F)F)c1C. The van der Waals surface area contributed by atoms with Crippen molar-refractivity contribution >= 4 is 17.7 Å². The largest absolute Gasteiger partial charge is 0.465 e. The molecular formula is C19H18F3NO5. The maximum absolute atomic E-state index is 12.7. The Bertz CT molecular complexity index is 915. The standard InChI is InChI=1S/C19H18F3NO5/c1-11-8-15(12(2)23(11)10-19(20,21)22)16(24)9-28-18(26)14-7-5-4-6-13(14)17(25)27-3/h4-8H,9-10H2,1-3H3. The van der Waals surface area contributed by atoms with Gasteiger partial charge < -0.3 is 14.0 Å². The van der Waals surface area contributed by atoms with Crippen molar-refractivity contribution in [2.75, 3.05) is 13.7 Å². The number of carbonyl (C=O) groups is 3. The summed E-state index contributed by atoms with van der Waals surface area (Å²) in [4.78, 5) is 36.3. The molecule has 2 rings (SSSR count). The summed E-state index contributed by atoms with van der Waals surface area (Å²) < 4.78 is 48.5. The van der Waals surface area contributed by atoms with Gasteiger partial charge in [0.1, 0.15) is 6.54 Å². The molecule has 0 atom stereocenters. The Hall–Kier alpha value is -3.10. The van der Waals surface area contributed by atoms with Crippen LogP contribution in [0.2, 0.25) is 0 Å². The molecule has 0 radical (unpaired) electrons. The smallest absolute Gasteiger partial charge is 0.406 e. The van der Waals surface area contributed by atoms with Crippen molar-refractivity contribution in [1.82, 2.24) is 4.57 Å². The summed E-state index contributed by atoms with van der Waals surface area (Å²) in [5, 5.41) is 0. The van der Waals surface area contributed by atoms with Gasteiger partial charge in [0.2, 0.25) is 5.78 Å². The molecule has 0 fully saturated rings. The van der Waals surface area contributed by atoms with E-state index in [0.29, 0.717) is 0 Å². The Morgan fingerprint density at radius 1 is 1.00 bits per heavy atom. The summed E-state index contributed by atoms with van der Waals surface area (Å²) >= 11 is 0. The van der Waals surface area contributed by atoms with E-state index in [2.05, 4.69) is 4.74 Å². The van der Waals surface area contributed by atoms with Crippen LogP contribution in [0, 0.1) is 13.8 Å². The van der Waals surface area contributed by atoms with Gasteiger partial charge in [-0.15, -0.1) is 0 Å². The van der Waals surface area contributed by atoms with Gasteiger partial charge in [0.25, 0.3) is 0 Å². The van der Waals surface area contributed by atoms with Gasteiger partial charge in [0, 0.05) is 17.0 Å². The van der Waals surface area contributed by atoms with Crippen LogP contribution >= 0.6 is 0 Å². The monoisotopic (exact) mass is 397 g/mol. The zero-order valence-corrected chi connectivity index (χ0v) is 15.4. The lowest BCUT2D eigenvalue weighted by molar-refractivity contribution is -0.141. The summed E-state index contributed by atoms with van der Waals surface area (Å²) in [5.74, 6) is -2.31. The topological polar surface area (TPSA) is 74.6 Å². The molecule has 0 aliphatic carbocycles. The molecule has 0 saturated carbocycles. The normalized spacial score (nSPS) is 11.2. The second-order valence-electron chi connectivity index (χ2n) is 6.02. The first-order chi connectivity index (χ1) is 13.0. The predicted molar refractivity (Wildman–Crippen MR) is 92.4 cm³/mol. The number of aryl methyl sites for hydroxylation is 1. The van der Waals surface area contributed by atoms with Gasteiger partial charge >= 0.3 is 18.1 Å². The van der Waals surface area contributed by atoms with Crippen LogP contribution in [-0.4, -0.2) is 42.2 Å². The molecule has 0 aliphatic rings. The van der Waals surface area contributed by atoms with E-state index in [1.165, 1.54) is 44.2 Å². The van der Waals surface area contributed by atoms with E-state index in [1.807, 2.05) is 0 Å². The van der Waals surface area contributed by atoms with Crippen molar-refractivity contribution in [3.63, 3.8) is 0 Å². The molecule has 0 saturated heterocycles. The lowest BCUT2D eigenvalue weighted by Crippen LogP contribution is -2.20. The van der Waals surface area contributed by atoms with E-state index >= 15 is 0 Å². The number of benzene rings is 1. The van der Waals surface area contributed by atoms with E-state index < -0.39 is 37.0 Å². The van der Waals surface area contributed by atoms with Crippen LogP contribution < -0.4 is 0 Å². The highest BCUT2D eigenvalue weighted by atomic mass is 19.4.